The third-order valence-electron chi connectivity index (χ3n) is 2.01. The third-order valence-corrected chi connectivity index (χ3v) is 2.01. The lowest BCUT2D eigenvalue weighted by molar-refractivity contribution is -0.151. The minimum atomic E-state index is -0.936. The molecule has 14 heavy (non-hydrogen) atoms. The van der Waals surface area contributed by atoms with Crippen molar-refractivity contribution in [3.05, 3.63) is 0 Å². The summed E-state index contributed by atoms with van der Waals surface area (Å²) in [7, 11) is 7.01. The van der Waals surface area contributed by atoms with Gasteiger partial charge in [-0.25, -0.2) is 0 Å². The number of carbonyl (C=O) groups excluding carboxylic acids is 1. The third kappa shape index (κ3) is 2.46. The number of methoxy groups -OCH3 is 1. The van der Waals surface area contributed by atoms with Gasteiger partial charge in [0, 0.05) is 14.0 Å². The van der Waals surface area contributed by atoms with Gasteiger partial charge in [0.15, 0.2) is 0 Å². The summed E-state index contributed by atoms with van der Waals surface area (Å²) in [4.78, 5) is 10.7. The van der Waals surface area contributed by atoms with E-state index in [4.69, 9.17) is 22.1 Å². The highest BCUT2D eigenvalue weighted by Crippen LogP contribution is 2.22. The van der Waals surface area contributed by atoms with E-state index >= 15 is 0 Å². The van der Waals surface area contributed by atoms with Gasteiger partial charge in [0.25, 0.3) is 0 Å². The first-order valence-corrected chi connectivity index (χ1v) is 4.31. The molecule has 1 fully saturated rings. The lowest BCUT2D eigenvalue weighted by Crippen LogP contribution is -2.37. The minimum absolute atomic E-state index is 0.215. The Labute approximate surface area is 83.7 Å². The van der Waals surface area contributed by atoms with Crippen LogP contribution >= 0.6 is 0 Å². The largest absolute Gasteiger partial charge is 0.458 e. The Balaban J connectivity index is 2.55. The molecule has 5 nitrogen and oxygen atoms in total. The number of ether oxygens (including phenoxy) is 3. The summed E-state index contributed by atoms with van der Waals surface area (Å²) in [5.74, 6) is -0.494. The van der Waals surface area contributed by atoms with Gasteiger partial charge in [0.05, 0.1) is 12.6 Å². The van der Waals surface area contributed by atoms with Crippen LogP contribution < -0.4 is 0 Å². The SMILES string of the molecule is [B]C1OC(COC)C(O)C1OC(C)=O. The first-order valence-electron chi connectivity index (χ1n) is 4.31. The van der Waals surface area contributed by atoms with E-state index in [1.54, 1.807) is 0 Å². The van der Waals surface area contributed by atoms with Gasteiger partial charge in [-0.3, -0.25) is 4.79 Å². The molecule has 1 saturated heterocycles. The summed E-state index contributed by atoms with van der Waals surface area (Å²) in [5.41, 5.74) is 0. The second kappa shape index (κ2) is 4.77. The molecule has 2 radical (unpaired) electrons. The Morgan fingerprint density at radius 1 is 1.64 bits per heavy atom. The number of rotatable bonds is 3. The summed E-state index contributed by atoms with van der Waals surface area (Å²) in [6, 6.07) is -0.797. The molecule has 0 aromatic carbocycles. The van der Waals surface area contributed by atoms with Gasteiger partial charge < -0.3 is 19.3 Å². The van der Waals surface area contributed by atoms with Crippen LogP contribution in [-0.4, -0.2) is 57.0 Å². The fourth-order valence-corrected chi connectivity index (χ4v) is 1.40. The van der Waals surface area contributed by atoms with E-state index in [0.29, 0.717) is 0 Å². The molecular formula is C8H13BO5. The summed E-state index contributed by atoms with van der Waals surface area (Å²) >= 11 is 0. The van der Waals surface area contributed by atoms with E-state index in [-0.39, 0.29) is 6.61 Å². The molecular weight excluding hydrogens is 187 g/mol. The molecule has 1 heterocycles. The van der Waals surface area contributed by atoms with E-state index in [1.165, 1.54) is 14.0 Å². The second-order valence-electron chi connectivity index (χ2n) is 3.16. The van der Waals surface area contributed by atoms with Crippen LogP contribution in [0.1, 0.15) is 6.92 Å². The minimum Gasteiger partial charge on any atom is -0.458 e. The molecule has 1 aliphatic heterocycles. The lowest BCUT2D eigenvalue weighted by Gasteiger charge is -2.17. The van der Waals surface area contributed by atoms with Crippen molar-refractivity contribution in [2.45, 2.75) is 31.2 Å². The maximum absolute atomic E-state index is 10.7. The van der Waals surface area contributed by atoms with Crippen LogP contribution in [0.25, 0.3) is 0 Å². The van der Waals surface area contributed by atoms with Gasteiger partial charge in [-0.2, -0.15) is 0 Å². The topological polar surface area (TPSA) is 65.0 Å². The van der Waals surface area contributed by atoms with Crippen LogP contribution in [0.2, 0.25) is 0 Å². The monoisotopic (exact) mass is 200 g/mol. The van der Waals surface area contributed by atoms with Gasteiger partial charge in [0.1, 0.15) is 26.2 Å². The van der Waals surface area contributed by atoms with Crippen molar-refractivity contribution in [1.29, 1.82) is 0 Å². The Bertz CT molecular complexity index is 210. The fraction of sp³-hybridized carbons (Fsp3) is 0.875. The van der Waals surface area contributed by atoms with Crippen molar-refractivity contribution in [2.24, 2.45) is 0 Å². The van der Waals surface area contributed by atoms with Crippen LogP contribution in [0.5, 0.6) is 0 Å². The zero-order valence-corrected chi connectivity index (χ0v) is 8.17. The number of aliphatic hydroxyl groups is 1. The molecule has 0 amide bonds. The summed E-state index contributed by atoms with van der Waals surface area (Å²) < 4.78 is 14.8. The Morgan fingerprint density at radius 3 is 2.79 bits per heavy atom. The fourth-order valence-electron chi connectivity index (χ4n) is 1.40. The highest BCUT2D eigenvalue weighted by atomic mass is 16.6. The van der Waals surface area contributed by atoms with Crippen molar-refractivity contribution in [3.63, 3.8) is 0 Å². The number of esters is 1. The predicted molar refractivity (Wildman–Crippen MR) is 47.9 cm³/mol. The standard InChI is InChI=1S/C8H13BO5/c1-4(10)13-7-6(11)5(3-12-2)14-8(7)9/h5-8,11H,3H2,1-2H3. The molecule has 78 valence electrons. The van der Waals surface area contributed by atoms with Crippen molar-refractivity contribution >= 4 is 13.8 Å². The Hall–Kier alpha value is -0.585. The van der Waals surface area contributed by atoms with Gasteiger partial charge in [0.2, 0.25) is 0 Å². The van der Waals surface area contributed by atoms with Gasteiger partial charge in [-0.15, -0.1) is 0 Å². The van der Waals surface area contributed by atoms with Crippen molar-refractivity contribution in [2.75, 3.05) is 13.7 Å². The predicted octanol–water partition coefficient (Wildman–Crippen LogP) is -1.18. The first-order chi connectivity index (χ1) is 6.56. The maximum Gasteiger partial charge on any atom is 0.303 e. The van der Waals surface area contributed by atoms with Gasteiger partial charge >= 0.3 is 5.97 Å². The summed E-state index contributed by atoms with van der Waals surface area (Å²) in [6.45, 7) is 1.47. The zero-order valence-electron chi connectivity index (χ0n) is 8.17. The number of aliphatic hydroxyl groups excluding tert-OH is 1. The molecule has 0 spiro atoms. The average Bonchev–Trinajstić information content (AvgIpc) is 2.33. The number of carbonyl (C=O) groups is 1. The van der Waals surface area contributed by atoms with Crippen LogP contribution in [0.3, 0.4) is 0 Å². The second-order valence-corrected chi connectivity index (χ2v) is 3.16. The van der Waals surface area contributed by atoms with Gasteiger partial charge in [-0.05, 0) is 0 Å². The molecule has 4 atom stereocenters. The molecule has 1 aliphatic rings. The Morgan fingerprint density at radius 2 is 2.29 bits per heavy atom. The summed E-state index contributed by atoms with van der Waals surface area (Å²) in [6.07, 6.45) is -2.29. The van der Waals surface area contributed by atoms with Crippen molar-refractivity contribution < 1.29 is 24.1 Å². The molecule has 0 aromatic heterocycles. The molecule has 0 aromatic rings. The van der Waals surface area contributed by atoms with Gasteiger partial charge in [-0.1, -0.05) is 0 Å². The van der Waals surface area contributed by atoms with Crippen LogP contribution in [0.4, 0.5) is 0 Å². The molecule has 1 rings (SSSR count). The number of hydrogen-bond acceptors (Lipinski definition) is 5. The Kier molecular flexibility index (Phi) is 3.91. The highest BCUT2D eigenvalue weighted by Gasteiger charge is 2.42. The van der Waals surface area contributed by atoms with E-state index < -0.39 is 30.3 Å². The normalized spacial score (nSPS) is 37.1. The molecule has 1 N–H and O–H groups in total. The van der Waals surface area contributed by atoms with E-state index in [9.17, 15) is 9.90 Å². The number of hydrogen-bond donors (Lipinski definition) is 1. The molecule has 6 heteroatoms. The first kappa shape index (κ1) is 11.5. The van der Waals surface area contributed by atoms with Crippen LogP contribution in [-0.2, 0) is 19.0 Å². The van der Waals surface area contributed by atoms with Crippen molar-refractivity contribution in [3.8, 4) is 0 Å². The smallest absolute Gasteiger partial charge is 0.303 e. The van der Waals surface area contributed by atoms with Crippen LogP contribution in [0, 0.1) is 0 Å². The van der Waals surface area contributed by atoms with E-state index in [0.717, 1.165) is 0 Å². The molecule has 0 bridgehead atoms. The average molecular weight is 200 g/mol. The molecule has 0 saturated carbocycles. The quantitative estimate of drug-likeness (QED) is 0.458. The van der Waals surface area contributed by atoms with Crippen LogP contribution in [0.15, 0.2) is 0 Å². The highest BCUT2D eigenvalue weighted by molar-refractivity contribution is 6.11. The maximum atomic E-state index is 10.7. The molecule has 0 aliphatic carbocycles. The zero-order chi connectivity index (χ0) is 10.7. The van der Waals surface area contributed by atoms with Crippen molar-refractivity contribution in [1.82, 2.24) is 0 Å². The molecule has 4 unspecified atom stereocenters. The summed E-state index contributed by atoms with van der Waals surface area (Å²) in [5, 5.41) is 9.64. The lowest BCUT2D eigenvalue weighted by atomic mass is 9.93. The van der Waals surface area contributed by atoms with E-state index in [1.807, 2.05) is 0 Å². The van der Waals surface area contributed by atoms with E-state index in [2.05, 4.69) is 0 Å².